The van der Waals surface area contributed by atoms with Crippen LogP contribution < -0.4 is 4.90 Å². The molecular weight excluding hydrogens is 414 g/mol. The number of anilines is 1. The van der Waals surface area contributed by atoms with E-state index in [2.05, 4.69) is 28.5 Å². The maximum Gasteiger partial charge on any atom is 0.141 e. The van der Waals surface area contributed by atoms with Crippen molar-refractivity contribution in [2.75, 3.05) is 57.3 Å². The summed E-state index contributed by atoms with van der Waals surface area (Å²) in [5.41, 5.74) is 1.58. The van der Waals surface area contributed by atoms with Gasteiger partial charge in [-0.1, -0.05) is 26.7 Å². The predicted molar refractivity (Wildman–Crippen MR) is 136 cm³/mol. The zero-order chi connectivity index (χ0) is 21.9. The molecule has 0 radical (unpaired) electrons. The zero-order valence-electron chi connectivity index (χ0n) is 20.2. The average Bonchev–Trinajstić information content (AvgIpc) is 3.03. The lowest BCUT2D eigenvalue weighted by Gasteiger charge is -2.37. The molecule has 5 nitrogen and oxygen atoms in total. The van der Waals surface area contributed by atoms with Gasteiger partial charge in [0.15, 0.2) is 0 Å². The molecule has 5 rings (SSSR count). The van der Waals surface area contributed by atoms with Gasteiger partial charge in [0.2, 0.25) is 0 Å². The predicted octanol–water partition coefficient (Wildman–Crippen LogP) is 5.08. The van der Waals surface area contributed by atoms with Gasteiger partial charge >= 0.3 is 0 Å². The maximum atomic E-state index is 5.25. The van der Waals surface area contributed by atoms with Gasteiger partial charge in [-0.25, -0.2) is 9.97 Å². The summed E-state index contributed by atoms with van der Waals surface area (Å²) >= 11 is 1.96. The molecule has 0 aromatic carbocycles. The Kier molecular flexibility index (Phi) is 7.30. The van der Waals surface area contributed by atoms with Crippen molar-refractivity contribution < 1.29 is 0 Å². The highest BCUT2D eigenvalue weighted by Gasteiger charge is 2.26. The number of hydrogen-bond donors (Lipinski definition) is 0. The van der Waals surface area contributed by atoms with Crippen LogP contribution in [0.5, 0.6) is 0 Å². The molecule has 1 atom stereocenters. The van der Waals surface area contributed by atoms with Crippen LogP contribution in [0, 0.1) is 0 Å². The Morgan fingerprint density at radius 1 is 0.812 bits per heavy atom. The smallest absolute Gasteiger partial charge is 0.141 e. The van der Waals surface area contributed by atoms with E-state index in [1.807, 2.05) is 11.3 Å². The number of likely N-dealkylation sites (tertiary alicyclic amines) is 1. The normalized spacial score (nSPS) is 22.1. The van der Waals surface area contributed by atoms with E-state index in [9.17, 15) is 0 Å². The Balaban J connectivity index is 1.35. The van der Waals surface area contributed by atoms with E-state index in [0.29, 0.717) is 5.92 Å². The molecule has 0 saturated carbocycles. The van der Waals surface area contributed by atoms with E-state index in [-0.39, 0.29) is 0 Å². The third-order valence-electron chi connectivity index (χ3n) is 7.97. The molecule has 4 heterocycles. The highest BCUT2D eigenvalue weighted by molar-refractivity contribution is 7.19. The third-order valence-corrected chi connectivity index (χ3v) is 9.15. The van der Waals surface area contributed by atoms with Gasteiger partial charge in [-0.15, -0.1) is 11.3 Å². The number of aryl methyl sites for hydroxylation is 2. The Morgan fingerprint density at radius 2 is 1.50 bits per heavy atom. The summed E-state index contributed by atoms with van der Waals surface area (Å²) in [5, 5.41) is 1.40. The molecule has 6 heteroatoms. The lowest BCUT2D eigenvalue weighted by molar-refractivity contribution is 0.176. The van der Waals surface area contributed by atoms with Crippen molar-refractivity contribution >= 4 is 27.4 Å². The molecule has 2 aromatic heterocycles. The van der Waals surface area contributed by atoms with Gasteiger partial charge in [0.05, 0.1) is 5.39 Å². The van der Waals surface area contributed by atoms with Crippen molar-refractivity contribution in [1.29, 1.82) is 0 Å². The van der Waals surface area contributed by atoms with Crippen LogP contribution in [0.3, 0.4) is 0 Å². The van der Waals surface area contributed by atoms with Crippen molar-refractivity contribution in [3.05, 3.63) is 16.3 Å². The van der Waals surface area contributed by atoms with E-state index < -0.39 is 0 Å². The summed E-state index contributed by atoms with van der Waals surface area (Å²) in [6.07, 6.45) is 11.8. The lowest BCUT2D eigenvalue weighted by atomic mass is 10.1. The Hall–Kier alpha value is -1.24. The van der Waals surface area contributed by atoms with Gasteiger partial charge in [0.25, 0.3) is 0 Å². The van der Waals surface area contributed by atoms with Crippen LogP contribution in [0.15, 0.2) is 0 Å². The largest absolute Gasteiger partial charge is 0.353 e. The molecule has 0 N–H and O–H groups in total. The first-order valence-electron chi connectivity index (χ1n) is 13.2. The third kappa shape index (κ3) is 4.83. The minimum atomic E-state index is 0.422. The fourth-order valence-electron chi connectivity index (χ4n) is 5.61. The maximum absolute atomic E-state index is 5.25. The van der Waals surface area contributed by atoms with E-state index >= 15 is 0 Å². The molecule has 2 fully saturated rings. The minimum absolute atomic E-state index is 0.422. The van der Waals surface area contributed by atoms with E-state index in [1.54, 1.807) is 10.4 Å². The summed E-state index contributed by atoms with van der Waals surface area (Å²) in [5.74, 6) is 2.73. The molecule has 1 aliphatic carbocycles. The van der Waals surface area contributed by atoms with Crippen LogP contribution in [-0.4, -0.2) is 72.1 Å². The molecule has 2 aliphatic heterocycles. The van der Waals surface area contributed by atoms with Crippen molar-refractivity contribution in [2.24, 2.45) is 0 Å². The molecule has 3 aliphatic rings. The summed E-state index contributed by atoms with van der Waals surface area (Å²) in [6, 6.07) is 0. The number of nitrogens with zero attached hydrogens (tertiary/aromatic N) is 5. The molecule has 0 bridgehead atoms. The standard InChI is InChI=1S/C26H41N5S/c1-3-20(2)24-27-25(23-21-10-6-4-7-11-22(21)32-26(23)28-24)31-18-16-30(17-19-31)15-14-29-12-8-5-9-13-29/h20H,3-19H2,1-2H3/t20-/m0/s1. The number of thiophene rings is 1. The highest BCUT2D eigenvalue weighted by Crippen LogP contribution is 2.40. The van der Waals surface area contributed by atoms with Gasteiger partial charge in [0, 0.05) is 50.1 Å². The number of piperazine rings is 1. The van der Waals surface area contributed by atoms with Crippen LogP contribution >= 0.6 is 11.3 Å². The fourth-order valence-corrected chi connectivity index (χ4v) is 6.87. The first-order chi connectivity index (χ1) is 15.7. The second-order valence-electron chi connectivity index (χ2n) is 10.2. The first kappa shape index (κ1) is 22.5. The van der Waals surface area contributed by atoms with Gasteiger partial charge in [-0.05, 0) is 63.6 Å². The second kappa shape index (κ2) is 10.4. The molecule has 0 unspecified atom stereocenters. The summed E-state index contributed by atoms with van der Waals surface area (Å²) in [6.45, 7) is 14.1. The number of aromatic nitrogens is 2. The quantitative estimate of drug-likeness (QED) is 0.568. The lowest BCUT2D eigenvalue weighted by Crippen LogP contribution is -2.49. The van der Waals surface area contributed by atoms with Crippen LogP contribution in [0.1, 0.15) is 81.0 Å². The summed E-state index contributed by atoms with van der Waals surface area (Å²) in [7, 11) is 0. The molecule has 0 amide bonds. The van der Waals surface area contributed by atoms with Crippen LogP contribution in [-0.2, 0) is 12.8 Å². The van der Waals surface area contributed by atoms with Gasteiger partial charge in [-0.2, -0.15) is 0 Å². The Labute approximate surface area is 198 Å². The zero-order valence-corrected chi connectivity index (χ0v) is 21.1. The number of hydrogen-bond acceptors (Lipinski definition) is 6. The number of piperidine rings is 1. The molecule has 0 spiro atoms. The monoisotopic (exact) mass is 455 g/mol. The van der Waals surface area contributed by atoms with Crippen molar-refractivity contribution in [2.45, 2.75) is 77.6 Å². The SMILES string of the molecule is CC[C@H](C)c1nc(N2CCN(CCN3CCCCC3)CC2)c2c3c(sc2n1)CCCCC3. The molecule has 2 saturated heterocycles. The Bertz CT molecular complexity index is 895. The molecule has 2 aromatic rings. The van der Waals surface area contributed by atoms with Crippen LogP contribution in [0.25, 0.3) is 10.2 Å². The summed E-state index contributed by atoms with van der Waals surface area (Å²) in [4.78, 5) is 21.1. The van der Waals surface area contributed by atoms with Crippen LogP contribution in [0.4, 0.5) is 5.82 Å². The molecule has 32 heavy (non-hydrogen) atoms. The average molecular weight is 456 g/mol. The second-order valence-corrected chi connectivity index (χ2v) is 11.3. The number of rotatable bonds is 6. The van der Waals surface area contributed by atoms with Gasteiger partial charge in [0.1, 0.15) is 16.5 Å². The fraction of sp³-hybridized carbons (Fsp3) is 0.769. The highest BCUT2D eigenvalue weighted by atomic mass is 32.1. The van der Waals surface area contributed by atoms with E-state index in [4.69, 9.17) is 9.97 Å². The molecular formula is C26H41N5S. The molecule has 176 valence electrons. The van der Waals surface area contributed by atoms with Crippen molar-refractivity contribution in [1.82, 2.24) is 19.8 Å². The van der Waals surface area contributed by atoms with Crippen LogP contribution in [0.2, 0.25) is 0 Å². The van der Waals surface area contributed by atoms with Gasteiger partial charge in [-0.3, -0.25) is 4.90 Å². The topological polar surface area (TPSA) is 35.5 Å². The minimum Gasteiger partial charge on any atom is -0.353 e. The van der Waals surface area contributed by atoms with Crippen molar-refractivity contribution in [3.8, 4) is 0 Å². The van der Waals surface area contributed by atoms with Gasteiger partial charge < -0.3 is 9.80 Å². The van der Waals surface area contributed by atoms with E-state index in [1.165, 1.54) is 93.6 Å². The first-order valence-corrected chi connectivity index (χ1v) is 14.1. The summed E-state index contributed by atoms with van der Waals surface area (Å²) < 4.78 is 0. The van der Waals surface area contributed by atoms with Crippen molar-refractivity contribution in [3.63, 3.8) is 0 Å². The number of fused-ring (bicyclic) bond motifs is 3. The van der Waals surface area contributed by atoms with E-state index in [0.717, 1.165) is 38.4 Å². The Morgan fingerprint density at radius 3 is 2.25 bits per heavy atom.